The van der Waals surface area contributed by atoms with Crippen molar-refractivity contribution >= 4 is 11.6 Å². The van der Waals surface area contributed by atoms with Gasteiger partial charge in [-0.1, -0.05) is 19.1 Å². The Bertz CT molecular complexity index is 448. The molecule has 0 aromatic heterocycles. The largest absolute Gasteiger partial charge is 0.399 e. The molecule has 1 aromatic rings. The van der Waals surface area contributed by atoms with Crippen molar-refractivity contribution in [2.45, 2.75) is 59.2 Å². The van der Waals surface area contributed by atoms with Crippen molar-refractivity contribution < 1.29 is 4.79 Å². The van der Waals surface area contributed by atoms with Gasteiger partial charge in [0, 0.05) is 17.8 Å². The second kappa shape index (κ2) is 7.46. The summed E-state index contributed by atoms with van der Waals surface area (Å²) in [5.74, 6) is 0.0754. The van der Waals surface area contributed by atoms with Gasteiger partial charge in [0.15, 0.2) is 0 Å². The lowest BCUT2D eigenvalue weighted by atomic mass is 10.1. The van der Waals surface area contributed by atoms with Crippen LogP contribution in [0.5, 0.6) is 0 Å². The summed E-state index contributed by atoms with van der Waals surface area (Å²) in [7, 11) is 0. The maximum Gasteiger partial charge on any atom is 0.237 e. The Morgan fingerprint density at radius 3 is 2.33 bits per heavy atom. The zero-order chi connectivity index (χ0) is 16.0. The first-order valence-electron chi connectivity index (χ1n) is 7.63. The van der Waals surface area contributed by atoms with Crippen LogP contribution in [-0.4, -0.2) is 28.9 Å². The molecule has 1 unspecified atom stereocenters. The van der Waals surface area contributed by atoms with Gasteiger partial charge >= 0.3 is 0 Å². The minimum Gasteiger partial charge on any atom is -0.399 e. The zero-order valence-electron chi connectivity index (χ0n) is 13.9. The van der Waals surface area contributed by atoms with E-state index in [-0.39, 0.29) is 17.5 Å². The van der Waals surface area contributed by atoms with Gasteiger partial charge in [-0.25, -0.2) is 0 Å². The maximum atomic E-state index is 12.3. The van der Waals surface area contributed by atoms with E-state index in [0.29, 0.717) is 0 Å². The Morgan fingerprint density at radius 1 is 1.29 bits per heavy atom. The van der Waals surface area contributed by atoms with Crippen molar-refractivity contribution in [2.75, 3.05) is 12.3 Å². The van der Waals surface area contributed by atoms with Crippen LogP contribution in [0.2, 0.25) is 0 Å². The fourth-order valence-corrected chi connectivity index (χ4v) is 2.19. The molecule has 4 heteroatoms. The summed E-state index contributed by atoms with van der Waals surface area (Å²) >= 11 is 0. The van der Waals surface area contributed by atoms with Crippen molar-refractivity contribution in [2.24, 2.45) is 0 Å². The van der Waals surface area contributed by atoms with Gasteiger partial charge in [0.05, 0.1) is 6.04 Å². The standard InChI is InChI=1S/C17H29N3O/c1-6-11-20(12-14-7-9-15(18)10-8-14)13(2)16(21)19-17(3,4)5/h7-10,13H,6,11-12,18H2,1-5H3,(H,19,21). The van der Waals surface area contributed by atoms with E-state index in [1.54, 1.807) is 0 Å². The van der Waals surface area contributed by atoms with Gasteiger partial charge in [-0.2, -0.15) is 0 Å². The van der Waals surface area contributed by atoms with Crippen LogP contribution in [0.1, 0.15) is 46.6 Å². The molecule has 0 aliphatic rings. The van der Waals surface area contributed by atoms with Crippen LogP contribution in [0.3, 0.4) is 0 Å². The highest BCUT2D eigenvalue weighted by Gasteiger charge is 2.24. The second-order valence-corrected chi connectivity index (χ2v) is 6.63. The van der Waals surface area contributed by atoms with E-state index in [1.165, 1.54) is 5.56 Å². The average Bonchev–Trinajstić information content (AvgIpc) is 2.38. The molecule has 1 aromatic carbocycles. The Labute approximate surface area is 128 Å². The van der Waals surface area contributed by atoms with Gasteiger partial charge in [-0.15, -0.1) is 0 Å². The first kappa shape index (κ1) is 17.5. The van der Waals surface area contributed by atoms with Crippen LogP contribution in [0.25, 0.3) is 0 Å². The minimum atomic E-state index is -0.204. The van der Waals surface area contributed by atoms with E-state index in [9.17, 15) is 4.79 Å². The highest BCUT2D eigenvalue weighted by molar-refractivity contribution is 5.81. The number of nitrogens with one attached hydrogen (secondary N) is 1. The number of nitrogens with two attached hydrogens (primary N) is 1. The number of benzene rings is 1. The number of hydrogen-bond donors (Lipinski definition) is 2. The number of hydrogen-bond acceptors (Lipinski definition) is 3. The van der Waals surface area contributed by atoms with Crippen LogP contribution in [0, 0.1) is 0 Å². The monoisotopic (exact) mass is 291 g/mol. The molecule has 4 nitrogen and oxygen atoms in total. The molecule has 0 bridgehead atoms. The molecule has 0 radical (unpaired) electrons. The van der Waals surface area contributed by atoms with E-state index >= 15 is 0 Å². The van der Waals surface area contributed by atoms with Gasteiger partial charge < -0.3 is 11.1 Å². The summed E-state index contributed by atoms with van der Waals surface area (Å²) in [5, 5.41) is 3.05. The lowest BCUT2D eigenvalue weighted by Gasteiger charge is -2.31. The zero-order valence-corrected chi connectivity index (χ0v) is 13.9. The van der Waals surface area contributed by atoms with Gasteiger partial charge in [0.1, 0.15) is 0 Å². The van der Waals surface area contributed by atoms with E-state index in [1.807, 2.05) is 52.0 Å². The molecule has 0 aliphatic carbocycles. The van der Waals surface area contributed by atoms with Gasteiger partial charge in [0.2, 0.25) is 5.91 Å². The van der Waals surface area contributed by atoms with Crippen molar-refractivity contribution in [3.05, 3.63) is 29.8 Å². The van der Waals surface area contributed by atoms with Crippen LogP contribution < -0.4 is 11.1 Å². The number of nitrogen functional groups attached to an aromatic ring is 1. The lowest BCUT2D eigenvalue weighted by molar-refractivity contribution is -0.127. The molecule has 21 heavy (non-hydrogen) atoms. The molecular weight excluding hydrogens is 262 g/mol. The maximum absolute atomic E-state index is 12.3. The van der Waals surface area contributed by atoms with Crippen molar-refractivity contribution in [1.29, 1.82) is 0 Å². The minimum absolute atomic E-state index is 0.0754. The number of carbonyl (C=O) groups is 1. The molecule has 0 spiro atoms. The number of amides is 1. The molecule has 0 aliphatic heterocycles. The Morgan fingerprint density at radius 2 is 1.86 bits per heavy atom. The fourth-order valence-electron chi connectivity index (χ4n) is 2.19. The van der Waals surface area contributed by atoms with Crippen molar-refractivity contribution in [1.82, 2.24) is 10.2 Å². The number of anilines is 1. The Balaban J connectivity index is 2.75. The molecule has 1 atom stereocenters. The van der Waals surface area contributed by atoms with Crippen LogP contribution >= 0.6 is 0 Å². The number of carbonyl (C=O) groups excluding carboxylic acids is 1. The fraction of sp³-hybridized carbons (Fsp3) is 0.588. The number of nitrogens with zero attached hydrogens (tertiary/aromatic N) is 1. The van der Waals surface area contributed by atoms with Gasteiger partial charge in [0.25, 0.3) is 0 Å². The quantitative estimate of drug-likeness (QED) is 0.792. The Kier molecular flexibility index (Phi) is 6.21. The van der Waals surface area contributed by atoms with E-state index in [4.69, 9.17) is 5.73 Å². The molecule has 0 saturated carbocycles. The Hall–Kier alpha value is -1.55. The third-order valence-electron chi connectivity index (χ3n) is 3.30. The van der Waals surface area contributed by atoms with Crippen LogP contribution in [0.15, 0.2) is 24.3 Å². The molecule has 0 heterocycles. The van der Waals surface area contributed by atoms with Crippen molar-refractivity contribution in [3.8, 4) is 0 Å². The highest BCUT2D eigenvalue weighted by atomic mass is 16.2. The number of rotatable bonds is 6. The normalized spacial score (nSPS) is 13.2. The predicted octanol–water partition coefficient (Wildman–Crippen LogP) is 2.78. The molecular formula is C17H29N3O. The molecule has 1 amide bonds. The summed E-state index contributed by atoms with van der Waals surface area (Å²) in [6.07, 6.45) is 1.02. The lowest BCUT2D eigenvalue weighted by Crippen LogP contribution is -2.50. The average molecular weight is 291 g/mol. The first-order valence-corrected chi connectivity index (χ1v) is 7.63. The summed E-state index contributed by atoms with van der Waals surface area (Å²) in [6.45, 7) is 11.7. The van der Waals surface area contributed by atoms with Crippen LogP contribution in [-0.2, 0) is 11.3 Å². The predicted molar refractivity (Wildman–Crippen MR) is 88.9 cm³/mol. The summed E-state index contributed by atoms with van der Waals surface area (Å²) in [5.41, 5.74) is 7.45. The molecule has 3 N–H and O–H groups in total. The summed E-state index contributed by atoms with van der Waals surface area (Å²) < 4.78 is 0. The van der Waals surface area contributed by atoms with Gasteiger partial charge in [-0.05, 0) is 58.4 Å². The molecule has 0 fully saturated rings. The summed E-state index contributed by atoms with van der Waals surface area (Å²) in [6, 6.07) is 7.69. The third kappa shape index (κ3) is 6.17. The third-order valence-corrected chi connectivity index (χ3v) is 3.30. The van der Waals surface area contributed by atoms with Gasteiger partial charge in [-0.3, -0.25) is 9.69 Å². The van der Waals surface area contributed by atoms with Crippen molar-refractivity contribution in [3.63, 3.8) is 0 Å². The topological polar surface area (TPSA) is 58.4 Å². The molecule has 1 rings (SSSR count). The second-order valence-electron chi connectivity index (χ2n) is 6.63. The van der Waals surface area contributed by atoms with E-state index in [2.05, 4.69) is 17.1 Å². The molecule has 118 valence electrons. The first-order chi connectivity index (χ1) is 9.73. The highest BCUT2D eigenvalue weighted by Crippen LogP contribution is 2.12. The van der Waals surface area contributed by atoms with E-state index in [0.717, 1.165) is 25.2 Å². The smallest absolute Gasteiger partial charge is 0.237 e. The molecule has 0 saturated heterocycles. The summed E-state index contributed by atoms with van der Waals surface area (Å²) in [4.78, 5) is 14.5. The van der Waals surface area contributed by atoms with Crippen LogP contribution in [0.4, 0.5) is 5.69 Å². The SMILES string of the molecule is CCCN(Cc1ccc(N)cc1)C(C)C(=O)NC(C)(C)C. The van der Waals surface area contributed by atoms with E-state index < -0.39 is 0 Å².